The Bertz CT molecular complexity index is 373. The third-order valence-electron chi connectivity index (χ3n) is 5.90. The van der Waals surface area contributed by atoms with E-state index in [1.165, 1.54) is 6.42 Å². The molecule has 3 atom stereocenters. The molecule has 0 aromatic carbocycles. The minimum Gasteiger partial charge on any atom is -0.413 e. The van der Waals surface area contributed by atoms with Gasteiger partial charge in [-0.25, -0.2) is 0 Å². The Morgan fingerprint density at radius 2 is 1.83 bits per heavy atom. The smallest absolute Gasteiger partial charge is 0.192 e. The maximum atomic E-state index is 6.71. The van der Waals surface area contributed by atoms with Crippen molar-refractivity contribution in [2.24, 2.45) is 17.3 Å². The van der Waals surface area contributed by atoms with Crippen molar-refractivity contribution in [3.05, 3.63) is 11.6 Å². The average Bonchev–Trinajstić information content (AvgIpc) is 2.13. The Morgan fingerprint density at radius 3 is 2.22 bits per heavy atom. The van der Waals surface area contributed by atoms with E-state index < -0.39 is 8.32 Å². The molecule has 2 heteroatoms. The molecule has 0 aromatic heterocycles. The van der Waals surface area contributed by atoms with Crippen molar-refractivity contribution in [2.75, 3.05) is 0 Å². The van der Waals surface area contributed by atoms with E-state index in [2.05, 4.69) is 60.7 Å². The van der Waals surface area contributed by atoms with Gasteiger partial charge in [0, 0.05) is 5.92 Å². The zero-order chi connectivity index (χ0) is 13.9. The first-order valence-corrected chi connectivity index (χ1v) is 10.2. The standard InChI is InChI=1S/C16H30OSi/c1-11-9-10-12-14(13(11)16(12,5)6)17-18(7,8)15(2,3)4/h9,12-14H,10H2,1-8H3/t12-,13+,14-/m1/s1. The van der Waals surface area contributed by atoms with E-state index in [1.807, 2.05) is 0 Å². The van der Waals surface area contributed by atoms with Crippen molar-refractivity contribution in [3.63, 3.8) is 0 Å². The molecule has 104 valence electrons. The van der Waals surface area contributed by atoms with E-state index in [0.29, 0.717) is 22.5 Å². The highest BCUT2D eigenvalue weighted by Crippen LogP contribution is 2.61. The molecule has 3 rings (SSSR count). The molecule has 0 aliphatic heterocycles. The maximum Gasteiger partial charge on any atom is 0.192 e. The molecule has 3 aliphatic rings. The van der Waals surface area contributed by atoms with E-state index in [-0.39, 0.29) is 0 Å². The van der Waals surface area contributed by atoms with Gasteiger partial charge in [0.1, 0.15) is 0 Å². The predicted molar refractivity (Wildman–Crippen MR) is 81.2 cm³/mol. The first kappa shape index (κ1) is 14.3. The normalized spacial score (nSPS) is 34.9. The SMILES string of the molecule is CC1=CC[C@@H]2[C@@H](O[Si](C)(C)C(C)(C)C)[C@H]1C2(C)C. The van der Waals surface area contributed by atoms with E-state index in [9.17, 15) is 0 Å². The van der Waals surface area contributed by atoms with E-state index in [0.717, 1.165) is 5.92 Å². The van der Waals surface area contributed by atoms with Gasteiger partial charge >= 0.3 is 0 Å². The Balaban J connectivity index is 2.17. The quantitative estimate of drug-likeness (QED) is 0.505. The van der Waals surface area contributed by atoms with Crippen molar-refractivity contribution in [1.82, 2.24) is 0 Å². The van der Waals surface area contributed by atoms with Crippen LogP contribution < -0.4 is 0 Å². The van der Waals surface area contributed by atoms with E-state index in [4.69, 9.17) is 4.43 Å². The van der Waals surface area contributed by atoms with Gasteiger partial charge in [0.25, 0.3) is 0 Å². The van der Waals surface area contributed by atoms with Gasteiger partial charge in [-0.3, -0.25) is 0 Å². The largest absolute Gasteiger partial charge is 0.413 e. The number of rotatable bonds is 2. The van der Waals surface area contributed by atoms with Gasteiger partial charge in [-0.1, -0.05) is 46.3 Å². The summed E-state index contributed by atoms with van der Waals surface area (Å²) in [4.78, 5) is 0. The summed E-state index contributed by atoms with van der Waals surface area (Å²) in [6.07, 6.45) is 4.15. The van der Waals surface area contributed by atoms with Gasteiger partial charge < -0.3 is 4.43 Å². The highest BCUT2D eigenvalue weighted by atomic mass is 28.4. The zero-order valence-corrected chi connectivity index (χ0v) is 14.4. The molecular weight excluding hydrogens is 236 g/mol. The summed E-state index contributed by atoms with van der Waals surface area (Å²) in [6.45, 7) is 18.9. The molecule has 0 N–H and O–H groups in total. The highest BCUT2D eigenvalue weighted by molar-refractivity contribution is 6.74. The van der Waals surface area contributed by atoms with Crippen molar-refractivity contribution in [1.29, 1.82) is 0 Å². The third kappa shape index (κ3) is 1.92. The van der Waals surface area contributed by atoms with Gasteiger partial charge in [-0.05, 0) is 42.8 Å². The summed E-state index contributed by atoms with van der Waals surface area (Å²) in [5, 5.41) is 0.318. The lowest BCUT2D eigenvalue weighted by Gasteiger charge is -2.63. The molecular formula is C16H30OSi. The Morgan fingerprint density at radius 1 is 1.28 bits per heavy atom. The lowest BCUT2D eigenvalue weighted by molar-refractivity contribution is -0.136. The van der Waals surface area contributed by atoms with Crippen LogP contribution in [-0.2, 0) is 4.43 Å². The van der Waals surface area contributed by atoms with Crippen LogP contribution in [0.15, 0.2) is 11.6 Å². The second-order valence-electron chi connectivity index (χ2n) is 8.43. The Kier molecular flexibility index (Phi) is 3.15. The molecule has 0 heterocycles. The molecule has 0 radical (unpaired) electrons. The molecule has 0 amide bonds. The number of hydrogen-bond acceptors (Lipinski definition) is 1. The molecule has 3 aliphatic carbocycles. The summed E-state index contributed by atoms with van der Waals surface area (Å²) in [6, 6.07) is 0. The zero-order valence-electron chi connectivity index (χ0n) is 13.4. The summed E-state index contributed by atoms with van der Waals surface area (Å²) in [5.74, 6) is 1.39. The monoisotopic (exact) mass is 266 g/mol. The fraction of sp³-hybridized carbons (Fsp3) is 0.875. The first-order chi connectivity index (χ1) is 7.98. The molecule has 0 saturated heterocycles. The first-order valence-electron chi connectivity index (χ1n) is 7.33. The number of fused-ring (bicyclic) bond motifs is 1. The fourth-order valence-corrected chi connectivity index (χ4v) is 4.92. The van der Waals surface area contributed by atoms with Crippen LogP contribution in [0.25, 0.3) is 0 Å². The number of hydrogen-bond donors (Lipinski definition) is 0. The summed E-state index contributed by atoms with van der Waals surface area (Å²) >= 11 is 0. The molecule has 1 fully saturated rings. The summed E-state index contributed by atoms with van der Waals surface area (Å²) in [5.41, 5.74) is 2.01. The van der Waals surface area contributed by atoms with E-state index >= 15 is 0 Å². The average molecular weight is 267 g/mol. The van der Waals surface area contributed by atoms with Crippen LogP contribution in [0.3, 0.4) is 0 Å². The summed E-state index contributed by atoms with van der Waals surface area (Å²) < 4.78 is 6.71. The Labute approximate surface area is 114 Å². The minimum absolute atomic E-state index is 0.318. The molecule has 0 spiro atoms. The van der Waals surface area contributed by atoms with Crippen molar-refractivity contribution >= 4 is 8.32 Å². The maximum absolute atomic E-state index is 6.71. The molecule has 0 aromatic rings. The van der Waals surface area contributed by atoms with Crippen molar-refractivity contribution < 1.29 is 4.43 Å². The van der Waals surface area contributed by atoms with Crippen LogP contribution in [0, 0.1) is 17.3 Å². The van der Waals surface area contributed by atoms with Crippen LogP contribution >= 0.6 is 0 Å². The van der Waals surface area contributed by atoms with Crippen molar-refractivity contribution in [2.45, 2.75) is 72.2 Å². The Hall–Kier alpha value is -0.0831. The predicted octanol–water partition coefficient (Wildman–Crippen LogP) is 5.00. The van der Waals surface area contributed by atoms with E-state index in [1.54, 1.807) is 5.57 Å². The van der Waals surface area contributed by atoms with Gasteiger partial charge in [0.2, 0.25) is 0 Å². The van der Waals surface area contributed by atoms with Gasteiger partial charge in [0.05, 0.1) is 6.10 Å². The second kappa shape index (κ2) is 3.96. The topological polar surface area (TPSA) is 9.23 Å². The second-order valence-corrected chi connectivity index (χ2v) is 13.2. The van der Waals surface area contributed by atoms with Crippen LogP contribution in [-0.4, -0.2) is 14.4 Å². The fourth-order valence-electron chi connectivity index (χ4n) is 3.58. The molecule has 18 heavy (non-hydrogen) atoms. The van der Waals surface area contributed by atoms with Gasteiger partial charge in [0.15, 0.2) is 8.32 Å². The van der Waals surface area contributed by atoms with Gasteiger partial charge in [-0.15, -0.1) is 0 Å². The van der Waals surface area contributed by atoms with Crippen LogP contribution in [0.4, 0.5) is 0 Å². The van der Waals surface area contributed by atoms with Crippen LogP contribution in [0.2, 0.25) is 18.1 Å². The van der Waals surface area contributed by atoms with Crippen molar-refractivity contribution in [3.8, 4) is 0 Å². The lowest BCUT2D eigenvalue weighted by atomic mass is 9.47. The van der Waals surface area contributed by atoms with Gasteiger partial charge in [-0.2, -0.15) is 0 Å². The third-order valence-corrected chi connectivity index (χ3v) is 10.4. The molecule has 1 saturated carbocycles. The van der Waals surface area contributed by atoms with Crippen LogP contribution in [0.1, 0.15) is 48.0 Å². The van der Waals surface area contributed by atoms with Crippen LogP contribution in [0.5, 0.6) is 0 Å². The molecule has 1 nitrogen and oxygen atoms in total. The minimum atomic E-state index is -1.62. The molecule has 0 unspecified atom stereocenters. The highest BCUT2D eigenvalue weighted by Gasteiger charge is 2.60. The lowest BCUT2D eigenvalue weighted by Crippen LogP contribution is -2.64. The number of allylic oxidation sites excluding steroid dienone is 1. The molecule has 2 bridgehead atoms. The summed E-state index contributed by atoms with van der Waals surface area (Å²) in [7, 11) is -1.62.